The average Bonchev–Trinajstić information content (AvgIpc) is 2.79. The van der Waals surface area contributed by atoms with Gasteiger partial charge in [0.05, 0.1) is 30.4 Å². The van der Waals surface area contributed by atoms with Gasteiger partial charge in [-0.05, 0) is 50.1 Å². The molecule has 0 bridgehead atoms. The second-order valence-electron chi connectivity index (χ2n) is 6.95. The van der Waals surface area contributed by atoms with E-state index >= 15 is 0 Å². The number of hydrogen-bond donors (Lipinski definition) is 1. The molecule has 0 radical (unpaired) electrons. The van der Waals surface area contributed by atoms with Crippen LogP contribution in [0, 0.1) is 0 Å². The summed E-state index contributed by atoms with van der Waals surface area (Å²) >= 11 is 1.29. The number of amides is 1. The molecule has 0 aliphatic heterocycles. The zero-order valence-corrected chi connectivity index (χ0v) is 19.0. The molecule has 3 rings (SSSR count). The third-order valence-electron chi connectivity index (χ3n) is 4.96. The number of ether oxygens (including phenoxy) is 2. The first-order chi connectivity index (χ1) is 15.0. The summed E-state index contributed by atoms with van der Waals surface area (Å²) in [4.78, 5) is 30.0. The van der Waals surface area contributed by atoms with E-state index in [1.807, 2.05) is 50.2 Å². The highest BCUT2D eigenvalue weighted by atomic mass is 32.2. The minimum atomic E-state index is -0.392. The molecule has 3 aromatic rings. The van der Waals surface area contributed by atoms with Gasteiger partial charge >= 0.3 is 0 Å². The lowest BCUT2D eigenvalue weighted by Crippen LogP contribution is -2.33. The topological polar surface area (TPSA) is 82.5 Å². The van der Waals surface area contributed by atoms with Gasteiger partial charge in [-0.2, -0.15) is 0 Å². The van der Waals surface area contributed by atoms with Crippen LogP contribution in [-0.4, -0.2) is 41.5 Å². The Morgan fingerprint density at radius 3 is 2.61 bits per heavy atom. The Labute approximate surface area is 185 Å². The van der Waals surface area contributed by atoms with Crippen molar-refractivity contribution in [1.82, 2.24) is 14.9 Å². The fraction of sp³-hybridized carbons (Fsp3) is 0.348. The smallest absolute Gasteiger partial charge is 0.262 e. The maximum Gasteiger partial charge on any atom is 0.262 e. The lowest BCUT2D eigenvalue weighted by Gasteiger charge is -2.15. The highest BCUT2D eigenvalue weighted by Gasteiger charge is 2.18. The molecule has 0 fully saturated rings. The Balaban J connectivity index is 1.64. The SMILES string of the molecule is CCn1c(SC(C)C(=O)NCCc2ccc(OC)c(OC)c2)nc2ccccc2c1=O. The fourth-order valence-corrected chi connectivity index (χ4v) is 4.23. The molecule has 0 saturated carbocycles. The number of fused-ring (bicyclic) bond motifs is 1. The van der Waals surface area contributed by atoms with Crippen molar-refractivity contribution < 1.29 is 14.3 Å². The predicted molar refractivity (Wildman–Crippen MR) is 123 cm³/mol. The minimum absolute atomic E-state index is 0.0864. The van der Waals surface area contributed by atoms with Gasteiger partial charge in [0.2, 0.25) is 5.91 Å². The van der Waals surface area contributed by atoms with Crippen molar-refractivity contribution in [3.05, 3.63) is 58.4 Å². The van der Waals surface area contributed by atoms with Crippen molar-refractivity contribution >= 4 is 28.6 Å². The van der Waals surface area contributed by atoms with Crippen LogP contribution in [0.4, 0.5) is 0 Å². The first kappa shape index (κ1) is 22.7. The molecule has 1 atom stereocenters. The molecule has 1 heterocycles. The maximum atomic E-state index is 12.7. The second-order valence-corrected chi connectivity index (χ2v) is 8.26. The van der Waals surface area contributed by atoms with Gasteiger partial charge in [-0.25, -0.2) is 4.98 Å². The van der Waals surface area contributed by atoms with Crippen LogP contribution < -0.4 is 20.3 Å². The van der Waals surface area contributed by atoms with E-state index in [4.69, 9.17) is 9.47 Å². The maximum absolute atomic E-state index is 12.7. The number of nitrogens with zero attached hydrogens (tertiary/aromatic N) is 2. The van der Waals surface area contributed by atoms with E-state index in [2.05, 4.69) is 10.3 Å². The molecule has 0 saturated heterocycles. The fourth-order valence-electron chi connectivity index (χ4n) is 3.24. The first-order valence-corrected chi connectivity index (χ1v) is 11.0. The van der Waals surface area contributed by atoms with Crippen LogP contribution >= 0.6 is 11.8 Å². The molecule has 0 spiro atoms. The van der Waals surface area contributed by atoms with Crippen molar-refractivity contribution in [2.75, 3.05) is 20.8 Å². The monoisotopic (exact) mass is 441 g/mol. The van der Waals surface area contributed by atoms with Crippen LogP contribution in [0.15, 0.2) is 52.4 Å². The van der Waals surface area contributed by atoms with Gasteiger partial charge in [0, 0.05) is 13.1 Å². The van der Waals surface area contributed by atoms with Crippen molar-refractivity contribution in [3.8, 4) is 11.5 Å². The normalized spacial score (nSPS) is 11.9. The summed E-state index contributed by atoms with van der Waals surface area (Å²) in [6, 6.07) is 13.0. The Morgan fingerprint density at radius 2 is 1.90 bits per heavy atom. The Hall–Kier alpha value is -3.00. The summed E-state index contributed by atoms with van der Waals surface area (Å²) in [6.07, 6.45) is 0.664. The van der Waals surface area contributed by atoms with Crippen molar-refractivity contribution in [2.24, 2.45) is 0 Å². The zero-order chi connectivity index (χ0) is 22.4. The molecule has 8 heteroatoms. The largest absolute Gasteiger partial charge is 0.493 e. The summed E-state index contributed by atoms with van der Waals surface area (Å²) in [7, 11) is 3.19. The van der Waals surface area contributed by atoms with Crippen molar-refractivity contribution in [1.29, 1.82) is 0 Å². The molecule has 1 amide bonds. The highest BCUT2D eigenvalue weighted by Crippen LogP contribution is 2.27. The van der Waals surface area contributed by atoms with Crippen molar-refractivity contribution in [3.63, 3.8) is 0 Å². The van der Waals surface area contributed by atoms with E-state index in [1.165, 1.54) is 11.8 Å². The Kier molecular flexibility index (Phi) is 7.57. The van der Waals surface area contributed by atoms with Crippen LogP contribution in [0.5, 0.6) is 11.5 Å². The summed E-state index contributed by atoms with van der Waals surface area (Å²) in [5.41, 5.74) is 1.59. The lowest BCUT2D eigenvalue weighted by atomic mass is 10.1. The Bertz CT molecular complexity index is 1130. The van der Waals surface area contributed by atoms with Crippen LogP contribution in [0.2, 0.25) is 0 Å². The molecule has 7 nitrogen and oxygen atoms in total. The summed E-state index contributed by atoms with van der Waals surface area (Å²) in [6.45, 7) is 4.70. The van der Waals surface area contributed by atoms with E-state index in [0.29, 0.717) is 47.1 Å². The molecule has 0 aliphatic rings. The zero-order valence-electron chi connectivity index (χ0n) is 18.2. The molecule has 164 valence electrons. The number of methoxy groups -OCH3 is 2. The number of benzene rings is 2. The lowest BCUT2D eigenvalue weighted by molar-refractivity contribution is -0.120. The van der Waals surface area contributed by atoms with Crippen LogP contribution in [-0.2, 0) is 17.8 Å². The molecular weight excluding hydrogens is 414 g/mol. The van der Waals surface area contributed by atoms with Crippen LogP contribution in [0.25, 0.3) is 10.9 Å². The highest BCUT2D eigenvalue weighted by molar-refractivity contribution is 8.00. The van der Waals surface area contributed by atoms with Gasteiger partial charge < -0.3 is 14.8 Å². The van der Waals surface area contributed by atoms with Gasteiger partial charge in [-0.3, -0.25) is 14.2 Å². The minimum Gasteiger partial charge on any atom is -0.493 e. The molecular formula is C23H27N3O4S. The number of carbonyl (C=O) groups is 1. The van der Waals surface area contributed by atoms with E-state index in [9.17, 15) is 9.59 Å². The van der Waals surface area contributed by atoms with Gasteiger partial charge in [0.1, 0.15) is 0 Å². The van der Waals surface area contributed by atoms with E-state index in [1.54, 1.807) is 24.9 Å². The third-order valence-corrected chi connectivity index (χ3v) is 6.05. The van der Waals surface area contributed by atoms with Crippen molar-refractivity contribution in [2.45, 2.75) is 37.2 Å². The number of nitrogens with one attached hydrogen (secondary N) is 1. The molecule has 2 aromatic carbocycles. The van der Waals surface area contributed by atoms with E-state index in [-0.39, 0.29) is 11.5 Å². The number of hydrogen-bond acceptors (Lipinski definition) is 6. The predicted octanol–water partition coefficient (Wildman–Crippen LogP) is 3.27. The summed E-state index contributed by atoms with van der Waals surface area (Å²) in [5.74, 6) is 1.23. The molecule has 31 heavy (non-hydrogen) atoms. The van der Waals surface area contributed by atoms with Gasteiger partial charge in [0.25, 0.3) is 5.56 Å². The molecule has 1 N–H and O–H groups in total. The van der Waals surface area contributed by atoms with Gasteiger partial charge in [-0.1, -0.05) is 30.0 Å². The summed E-state index contributed by atoms with van der Waals surface area (Å²) < 4.78 is 12.2. The number of rotatable bonds is 9. The summed E-state index contributed by atoms with van der Waals surface area (Å²) in [5, 5.41) is 3.70. The standard InChI is InChI=1S/C23H27N3O4S/c1-5-26-22(28)17-8-6-7-9-18(17)25-23(26)31-15(2)21(27)24-13-12-16-10-11-19(29-3)20(14-16)30-4/h6-11,14-15H,5,12-13H2,1-4H3,(H,24,27). The number of carbonyl (C=O) groups excluding carboxylic acids is 1. The van der Waals surface area contributed by atoms with Crippen LogP contribution in [0.3, 0.4) is 0 Å². The number of aromatic nitrogens is 2. The van der Waals surface area contributed by atoms with E-state index in [0.717, 1.165) is 5.56 Å². The van der Waals surface area contributed by atoms with Gasteiger partial charge in [-0.15, -0.1) is 0 Å². The Morgan fingerprint density at radius 1 is 1.16 bits per heavy atom. The van der Waals surface area contributed by atoms with Crippen LogP contribution in [0.1, 0.15) is 19.4 Å². The number of thioether (sulfide) groups is 1. The second kappa shape index (κ2) is 10.3. The molecule has 0 aliphatic carbocycles. The van der Waals surface area contributed by atoms with Gasteiger partial charge in [0.15, 0.2) is 16.7 Å². The number of para-hydroxylation sites is 1. The third kappa shape index (κ3) is 5.19. The quantitative estimate of drug-likeness (QED) is 0.405. The molecule has 1 unspecified atom stereocenters. The average molecular weight is 442 g/mol. The first-order valence-electron chi connectivity index (χ1n) is 10.1. The molecule has 1 aromatic heterocycles. The van der Waals surface area contributed by atoms with E-state index < -0.39 is 5.25 Å².